The summed E-state index contributed by atoms with van der Waals surface area (Å²) in [4.78, 5) is 7.23. The van der Waals surface area contributed by atoms with E-state index in [1.807, 2.05) is 36.4 Å². The Morgan fingerprint density at radius 1 is 0.923 bits per heavy atom. The molecule has 0 atom stereocenters. The first-order valence-electron chi connectivity index (χ1n) is 8.08. The van der Waals surface area contributed by atoms with Crippen molar-refractivity contribution < 1.29 is 24.1 Å². The van der Waals surface area contributed by atoms with Crippen LogP contribution in [0.3, 0.4) is 0 Å². The second kappa shape index (κ2) is 5.76. The second-order valence-electron chi connectivity index (χ2n) is 5.95. The van der Waals surface area contributed by atoms with Crippen molar-refractivity contribution in [3.05, 3.63) is 47.7 Å². The highest BCUT2D eigenvalue weighted by atomic mass is 16.7. The molecule has 0 amide bonds. The van der Waals surface area contributed by atoms with Crippen molar-refractivity contribution in [3.63, 3.8) is 0 Å². The lowest BCUT2D eigenvalue weighted by Crippen LogP contribution is -1.94. The average Bonchev–Trinajstić information content (AvgIpc) is 3.35. The van der Waals surface area contributed by atoms with Gasteiger partial charge in [0.2, 0.25) is 25.4 Å². The molecule has 3 N–H and O–H groups in total. The lowest BCUT2D eigenvalue weighted by molar-refractivity contribution is 0.173. The van der Waals surface area contributed by atoms with Crippen LogP contribution in [0.25, 0.3) is 0 Å². The number of fused-ring (bicyclic) bond motifs is 2. The quantitative estimate of drug-likeness (QED) is 0.663. The van der Waals surface area contributed by atoms with E-state index in [0.717, 1.165) is 17.0 Å². The minimum atomic E-state index is -0.0501. The highest BCUT2D eigenvalue weighted by molar-refractivity contribution is 5.61. The third-order valence-electron chi connectivity index (χ3n) is 4.21. The molecule has 0 fully saturated rings. The normalized spacial score (nSPS) is 13.8. The van der Waals surface area contributed by atoms with Gasteiger partial charge in [-0.3, -0.25) is 0 Å². The molecule has 2 aliphatic rings. The molecule has 8 heteroatoms. The first kappa shape index (κ1) is 14.8. The zero-order chi connectivity index (χ0) is 17.5. The van der Waals surface area contributed by atoms with Crippen molar-refractivity contribution in [2.75, 3.05) is 18.9 Å². The number of aromatic nitrogens is 2. The minimum absolute atomic E-state index is 0.0501. The molecule has 0 bridgehead atoms. The lowest BCUT2D eigenvalue weighted by Gasteiger charge is -2.04. The fourth-order valence-electron chi connectivity index (χ4n) is 2.95. The number of anilines is 2. The van der Waals surface area contributed by atoms with E-state index in [1.165, 1.54) is 0 Å². The first-order chi connectivity index (χ1) is 12.7. The van der Waals surface area contributed by atoms with Crippen molar-refractivity contribution in [2.24, 2.45) is 0 Å². The zero-order valence-corrected chi connectivity index (χ0v) is 13.6. The summed E-state index contributed by atoms with van der Waals surface area (Å²) in [6.07, 6.45) is 0.484. The van der Waals surface area contributed by atoms with E-state index in [9.17, 15) is 5.11 Å². The summed E-state index contributed by atoms with van der Waals surface area (Å²) in [7, 11) is 0. The molecule has 0 spiro atoms. The van der Waals surface area contributed by atoms with E-state index in [2.05, 4.69) is 15.3 Å². The van der Waals surface area contributed by atoms with Gasteiger partial charge < -0.3 is 34.4 Å². The van der Waals surface area contributed by atoms with Crippen LogP contribution in [0, 0.1) is 0 Å². The minimum Gasteiger partial charge on any atom is -0.492 e. The van der Waals surface area contributed by atoms with Crippen molar-refractivity contribution >= 4 is 11.6 Å². The van der Waals surface area contributed by atoms with Gasteiger partial charge in [-0.2, -0.15) is 4.98 Å². The van der Waals surface area contributed by atoms with Crippen molar-refractivity contribution in [1.82, 2.24) is 9.97 Å². The maximum absolute atomic E-state index is 10.1. The number of imidazole rings is 1. The summed E-state index contributed by atoms with van der Waals surface area (Å²) in [5.41, 5.74) is 2.35. The molecule has 2 aromatic carbocycles. The van der Waals surface area contributed by atoms with Gasteiger partial charge in [0.25, 0.3) is 0 Å². The van der Waals surface area contributed by atoms with Gasteiger partial charge in [0, 0.05) is 18.2 Å². The molecule has 0 aliphatic carbocycles. The van der Waals surface area contributed by atoms with E-state index >= 15 is 0 Å². The molecule has 26 heavy (non-hydrogen) atoms. The third kappa shape index (κ3) is 2.61. The van der Waals surface area contributed by atoms with E-state index < -0.39 is 0 Å². The van der Waals surface area contributed by atoms with Crippen LogP contribution in [0.4, 0.5) is 11.6 Å². The molecule has 0 unspecified atom stereocenters. The van der Waals surface area contributed by atoms with Crippen LogP contribution >= 0.6 is 0 Å². The molecule has 1 aromatic heterocycles. The predicted molar refractivity (Wildman–Crippen MR) is 91.5 cm³/mol. The Hall–Kier alpha value is -3.55. The maximum atomic E-state index is 10.1. The third-order valence-corrected chi connectivity index (χ3v) is 4.21. The number of benzene rings is 2. The number of rotatable bonds is 4. The molecular weight excluding hydrogens is 338 g/mol. The Labute approximate surface area is 148 Å². The second-order valence-corrected chi connectivity index (χ2v) is 5.95. The van der Waals surface area contributed by atoms with Crippen LogP contribution in [0.1, 0.15) is 11.3 Å². The fourth-order valence-corrected chi connectivity index (χ4v) is 2.95. The zero-order valence-electron chi connectivity index (χ0n) is 13.6. The van der Waals surface area contributed by atoms with Crippen LogP contribution in [-0.4, -0.2) is 28.7 Å². The smallest absolute Gasteiger partial charge is 0.234 e. The Bertz CT molecular complexity index is 985. The molecule has 0 radical (unpaired) electrons. The van der Waals surface area contributed by atoms with Crippen LogP contribution in [-0.2, 0) is 6.42 Å². The molecular formula is C18H15N3O5. The standard InChI is InChI=1S/C18H15N3O5/c22-17-12(5-10-1-3-13-15(6-10)25-8-23-13)20-18(21-17)19-11-2-4-14-16(7-11)26-9-24-14/h1-4,6-7,22H,5,8-9H2,(H2,19,20,21). The highest BCUT2D eigenvalue weighted by Gasteiger charge is 2.17. The number of aromatic amines is 1. The topological polar surface area (TPSA) is 97.9 Å². The van der Waals surface area contributed by atoms with Gasteiger partial charge in [0.1, 0.15) is 0 Å². The number of nitrogens with zero attached hydrogens (tertiary/aromatic N) is 1. The van der Waals surface area contributed by atoms with Crippen molar-refractivity contribution in [3.8, 4) is 28.9 Å². The van der Waals surface area contributed by atoms with Gasteiger partial charge in [0.15, 0.2) is 23.0 Å². The fraction of sp³-hybridized carbons (Fsp3) is 0.167. The molecule has 5 rings (SSSR count). The molecule has 0 saturated heterocycles. The summed E-state index contributed by atoms with van der Waals surface area (Å²) in [5, 5.41) is 13.3. The van der Waals surface area contributed by atoms with Crippen LogP contribution in [0.15, 0.2) is 36.4 Å². The van der Waals surface area contributed by atoms with Crippen LogP contribution in [0.5, 0.6) is 28.9 Å². The number of ether oxygens (including phenoxy) is 4. The summed E-state index contributed by atoms with van der Waals surface area (Å²) < 4.78 is 21.3. The summed E-state index contributed by atoms with van der Waals surface area (Å²) in [6, 6.07) is 11.2. The predicted octanol–water partition coefficient (Wildman–Crippen LogP) is 2.91. The average molecular weight is 353 g/mol. The molecule has 3 aromatic rings. The summed E-state index contributed by atoms with van der Waals surface area (Å²) >= 11 is 0. The number of nitrogens with one attached hydrogen (secondary N) is 2. The maximum Gasteiger partial charge on any atom is 0.234 e. The van der Waals surface area contributed by atoms with Gasteiger partial charge >= 0.3 is 0 Å². The van der Waals surface area contributed by atoms with Gasteiger partial charge in [-0.15, -0.1) is 0 Å². The van der Waals surface area contributed by atoms with Crippen LogP contribution in [0.2, 0.25) is 0 Å². The van der Waals surface area contributed by atoms with E-state index in [1.54, 1.807) is 0 Å². The Morgan fingerprint density at radius 3 is 2.42 bits per heavy atom. The van der Waals surface area contributed by atoms with E-state index in [4.69, 9.17) is 18.9 Å². The number of hydrogen-bond donors (Lipinski definition) is 3. The summed E-state index contributed by atoms with van der Waals surface area (Å²) in [6.45, 7) is 0.456. The molecule has 132 valence electrons. The number of hydrogen-bond acceptors (Lipinski definition) is 7. The number of H-pyrrole nitrogens is 1. The first-order valence-corrected chi connectivity index (χ1v) is 8.08. The summed E-state index contributed by atoms with van der Waals surface area (Å²) in [5.74, 6) is 3.21. The van der Waals surface area contributed by atoms with Gasteiger partial charge in [-0.25, -0.2) is 0 Å². The SMILES string of the molecule is Oc1nc(Nc2ccc3c(c2)OCO3)[nH]c1Cc1ccc2c(c1)OCO2. The van der Waals surface area contributed by atoms with E-state index in [0.29, 0.717) is 35.3 Å². The van der Waals surface area contributed by atoms with Gasteiger partial charge in [-0.05, 0) is 29.8 Å². The number of aromatic hydroxyl groups is 1. The Balaban J connectivity index is 1.34. The highest BCUT2D eigenvalue weighted by Crippen LogP contribution is 2.36. The van der Waals surface area contributed by atoms with Gasteiger partial charge in [0.05, 0.1) is 5.69 Å². The van der Waals surface area contributed by atoms with Gasteiger partial charge in [-0.1, -0.05) is 6.07 Å². The largest absolute Gasteiger partial charge is 0.492 e. The Kier molecular flexibility index (Phi) is 3.27. The van der Waals surface area contributed by atoms with Crippen LogP contribution < -0.4 is 24.3 Å². The van der Waals surface area contributed by atoms with Crippen molar-refractivity contribution in [2.45, 2.75) is 6.42 Å². The Morgan fingerprint density at radius 2 is 1.62 bits per heavy atom. The lowest BCUT2D eigenvalue weighted by atomic mass is 10.1. The molecule has 0 saturated carbocycles. The van der Waals surface area contributed by atoms with Crippen molar-refractivity contribution in [1.29, 1.82) is 0 Å². The molecule has 3 heterocycles. The monoisotopic (exact) mass is 353 g/mol. The molecule has 2 aliphatic heterocycles. The van der Waals surface area contributed by atoms with E-state index in [-0.39, 0.29) is 19.5 Å². The molecule has 8 nitrogen and oxygen atoms in total.